The first-order valence-electron chi connectivity index (χ1n) is 8.10. The minimum absolute atomic E-state index is 0.0634. The van der Waals surface area contributed by atoms with E-state index >= 15 is 0 Å². The largest absolute Gasteiger partial charge is 0.396 e. The van der Waals surface area contributed by atoms with E-state index < -0.39 is 0 Å². The Kier molecular flexibility index (Phi) is 6.73. The molecule has 0 spiro atoms. The minimum Gasteiger partial charge on any atom is -0.396 e. The lowest BCUT2D eigenvalue weighted by Crippen LogP contribution is -2.38. The van der Waals surface area contributed by atoms with E-state index in [0.29, 0.717) is 6.54 Å². The Balaban J connectivity index is 1.59. The van der Waals surface area contributed by atoms with Crippen molar-refractivity contribution >= 4 is 5.96 Å². The highest BCUT2D eigenvalue weighted by Gasteiger charge is 2.41. The Labute approximate surface area is 127 Å². The SMILES string of the molecule is CCNC(=NCC1(CO)CC1)NCCCOC1CCOC1. The number of ether oxygens (including phenoxy) is 2. The Morgan fingerprint density at radius 2 is 2.29 bits per heavy atom. The van der Waals surface area contributed by atoms with Gasteiger partial charge in [-0.2, -0.15) is 0 Å². The number of aliphatic hydroxyl groups is 1. The maximum absolute atomic E-state index is 9.31. The molecule has 21 heavy (non-hydrogen) atoms. The van der Waals surface area contributed by atoms with E-state index in [9.17, 15) is 5.11 Å². The van der Waals surface area contributed by atoms with Gasteiger partial charge in [-0.25, -0.2) is 0 Å². The van der Waals surface area contributed by atoms with Crippen molar-refractivity contribution in [3.05, 3.63) is 0 Å². The molecule has 1 heterocycles. The quantitative estimate of drug-likeness (QED) is 0.329. The van der Waals surface area contributed by atoms with Gasteiger partial charge in [0.05, 0.1) is 25.9 Å². The van der Waals surface area contributed by atoms with Crippen LogP contribution < -0.4 is 10.6 Å². The van der Waals surface area contributed by atoms with E-state index in [4.69, 9.17) is 9.47 Å². The maximum Gasteiger partial charge on any atom is 0.191 e. The molecule has 3 N–H and O–H groups in total. The van der Waals surface area contributed by atoms with E-state index in [0.717, 1.165) is 64.6 Å². The first-order valence-corrected chi connectivity index (χ1v) is 8.10. The van der Waals surface area contributed by atoms with Gasteiger partial charge >= 0.3 is 0 Å². The molecule has 0 bridgehead atoms. The summed E-state index contributed by atoms with van der Waals surface area (Å²) in [7, 11) is 0. The first-order chi connectivity index (χ1) is 10.3. The summed E-state index contributed by atoms with van der Waals surface area (Å²) in [5.41, 5.74) is 0.0634. The van der Waals surface area contributed by atoms with Crippen LogP contribution in [-0.2, 0) is 9.47 Å². The van der Waals surface area contributed by atoms with Crippen LogP contribution in [0.3, 0.4) is 0 Å². The molecule has 0 amide bonds. The number of guanidine groups is 1. The van der Waals surface area contributed by atoms with Gasteiger partial charge in [-0.15, -0.1) is 0 Å². The second kappa shape index (κ2) is 8.56. The zero-order valence-corrected chi connectivity index (χ0v) is 13.1. The van der Waals surface area contributed by atoms with Gasteiger partial charge in [0, 0.05) is 31.7 Å². The summed E-state index contributed by atoms with van der Waals surface area (Å²) in [5.74, 6) is 0.835. The minimum atomic E-state index is 0.0634. The molecular formula is C15H29N3O3. The summed E-state index contributed by atoms with van der Waals surface area (Å²) in [6.07, 6.45) is 4.42. The molecule has 1 aliphatic heterocycles. The highest BCUT2D eigenvalue weighted by atomic mass is 16.5. The number of aliphatic hydroxyl groups excluding tert-OH is 1. The average Bonchev–Trinajstić information content (AvgIpc) is 3.10. The lowest BCUT2D eigenvalue weighted by atomic mass is 10.1. The fraction of sp³-hybridized carbons (Fsp3) is 0.933. The number of nitrogens with one attached hydrogen (secondary N) is 2. The molecule has 1 saturated heterocycles. The zero-order valence-electron chi connectivity index (χ0n) is 13.1. The van der Waals surface area contributed by atoms with Gasteiger partial charge in [-0.05, 0) is 32.6 Å². The van der Waals surface area contributed by atoms with Crippen molar-refractivity contribution in [2.45, 2.75) is 38.7 Å². The molecule has 2 aliphatic rings. The number of hydrogen-bond donors (Lipinski definition) is 3. The summed E-state index contributed by atoms with van der Waals surface area (Å²) >= 11 is 0. The van der Waals surface area contributed by atoms with Crippen molar-refractivity contribution in [3.8, 4) is 0 Å². The van der Waals surface area contributed by atoms with Crippen LogP contribution in [0.2, 0.25) is 0 Å². The Morgan fingerprint density at radius 1 is 1.43 bits per heavy atom. The molecule has 1 atom stereocenters. The summed E-state index contributed by atoms with van der Waals surface area (Å²) in [6, 6.07) is 0. The van der Waals surface area contributed by atoms with Crippen molar-refractivity contribution in [1.82, 2.24) is 10.6 Å². The van der Waals surface area contributed by atoms with Gasteiger partial charge < -0.3 is 25.2 Å². The molecule has 0 radical (unpaired) electrons. The normalized spacial score (nSPS) is 24.1. The maximum atomic E-state index is 9.31. The summed E-state index contributed by atoms with van der Waals surface area (Å²) in [5, 5.41) is 15.9. The summed E-state index contributed by atoms with van der Waals surface area (Å²) in [4.78, 5) is 4.57. The van der Waals surface area contributed by atoms with Gasteiger partial charge in [0.2, 0.25) is 0 Å². The van der Waals surface area contributed by atoms with Crippen LogP contribution in [0.25, 0.3) is 0 Å². The molecule has 6 nitrogen and oxygen atoms in total. The third-order valence-corrected chi connectivity index (χ3v) is 4.06. The van der Waals surface area contributed by atoms with Crippen molar-refractivity contribution in [1.29, 1.82) is 0 Å². The molecule has 1 aliphatic carbocycles. The highest BCUT2D eigenvalue weighted by molar-refractivity contribution is 5.79. The molecule has 2 rings (SSSR count). The summed E-state index contributed by atoms with van der Waals surface area (Å²) in [6.45, 7) is 7.00. The van der Waals surface area contributed by atoms with Crippen molar-refractivity contribution in [2.24, 2.45) is 10.4 Å². The van der Waals surface area contributed by atoms with Crippen LogP contribution in [0.15, 0.2) is 4.99 Å². The molecule has 1 unspecified atom stereocenters. The first kappa shape index (κ1) is 16.5. The molecule has 122 valence electrons. The fourth-order valence-electron chi connectivity index (χ4n) is 2.30. The standard InChI is InChI=1S/C15H29N3O3/c1-2-16-14(18-11-15(12-19)5-6-15)17-7-3-8-21-13-4-9-20-10-13/h13,19H,2-12H2,1H3,(H2,16,17,18). The number of nitrogens with zero attached hydrogens (tertiary/aromatic N) is 1. The van der Waals surface area contributed by atoms with E-state index in [1.165, 1.54) is 0 Å². The van der Waals surface area contributed by atoms with Gasteiger partial charge in [0.25, 0.3) is 0 Å². The van der Waals surface area contributed by atoms with E-state index in [2.05, 4.69) is 22.5 Å². The predicted molar refractivity (Wildman–Crippen MR) is 82.5 cm³/mol. The van der Waals surface area contributed by atoms with Crippen LogP contribution in [-0.4, -0.2) is 63.2 Å². The number of aliphatic imine (C=N–C) groups is 1. The van der Waals surface area contributed by atoms with E-state index in [-0.39, 0.29) is 18.1 Å². The summed E-state index contributed by atoms with van der Waals surface area (Å²) < 4.78 is 11.0. The van der Waals surface area contributed by atoms with Crippen molar-refractivity contribution < 1.29 is 14.6 Å². The molecule has 6 heteroatoms. The molecular weight excluding hydrogens is 270 g/mol. The Hall–Kier alpha value is -0.850. The fourth-order valence-corrected chi connectivity index (χ4v) is 2.30. The van der Waals surface area contributed by atoms with E-state index in [1.54, 1.807) is 0 Å². The Morgan fingerprint density at radius 3 is 2.90 bits per heavy atom. The van der Waals surface area contributed by atoms with E-state index in [1.807, 2.05) is 0 Å². The van der Waals surface area contributed by atoms with Crippen LogP contribution >= 0.6 is 0 Å². The lowest BCUT2D eigenvalue weighted by molar-refractivity contribution is 0.0420. The molecule has 2 fully saturated rings. The zero-order chi connectivity index (χ0) is 15.0. The van der Waals surface area contributed by atoms with Crippen LogP contribution in [0.1, 0.15) is 32.6 Å². The van der Waals surface area contributed by atoms with Gasteiger partial charge in [0.1, 0.15) is 0 Å². The number of hydrogen-bond acceptors (Lipinski definition) is 4. The monoisotopic (exact) mass is 299 g/mol. The highest BCUT2D eigenvalue weighted by Crippen LogP contribution is 2.45. The van der Waals surface area contributed by atoms with Crippen LogP contribution in [0.4, 0.5) is 0 Å². The van der Waals surface area contributed by atoms with Crippen LogP contribution in [0.5, 0.6) is 0 Å². The topological polar surface area (TPSA) is 75.1 Å². The van der Waals surface area contributed by atoms with Crippen molar-refractivity contribution in [3.63, 3.8) is 0 Å². The number of rotatable bonds is 9. The van der Waals surface area contributed by atoms with Crippen molar-refractivity contribution in [2.75, 3.05) is 46.1 Å². The van der Waals surface area contributed by atoms with Crippen LogP contribution in [0, 0.1) is 5.41 Å². The lowest BCUT2D eigenvalue weighted by Gasteiger charge is -2.14. The third kappa shape index (κ3) is 5.80. The smallest absolute Gasteiger partial charge is 0.191 e. The third-order valence-electron chi connectivity index (χ3n) is 4.06. The predicted octanol–water partition coefficient (Wildman–Crippen LogP) is 0.510. The van der Waals surface area contributed by atoms with Gasteiger partial charge in [-0.1, -0.05) is 0 Å². The second-order valence-electron chi connectivity index (χ2n) is 5.99. The Bertz CT molecular complexity index is 326. The molecule has 0 aromatic rings. The molecule has 0 aromatic heterocycles. The average molecular weight is 299 g/mol. The van der Waals surface area contributed by atoms with Gasteiger partial charge in [0.15, 0.2) is 5.96 Å². The van der Waals surface area contributed by atoms with Gasteiger partial charge in [-0.3, -0.25) is 4.99 Å². The second-order valence-corrected chi connectivity index (χ2v) is 5.99. The molecule has 0 aromatic carbocycles. The molecule has 1 saturated carbocycles.